The maximum Gasteiger partial charge on any atom is 0.231 e. The van der Waals surface area contributed by atoms with Gasteiger partial charge in [-0.1, -0.05) is 12.1 Å². The first-order valence-electron chi connectivity index (χ1n) is 9.38. The van der Waals surface area contributed by atoms with Crippen LogP contribution in [0.3, 0.4) is 0 Å². The zero-order valence-electron chi connectivity index (χ0n) is 15.8. The Bertz CT molecular complexity index is 723. The third-order valence-electron chi connectivity index (χ3n) is 4.91. The van der Waals surface area contributed by atoms with Crippen LogP contribution >= 0.6 is 23.7 Å². The number of thiophene rings is 1. The highest BCUT2D eigenvalue weighted by Gasteiger charge is 2.20. The smallest absolute Gasteiger partial charge is 0.231 e. The van der Waals surface area contributed by atoms with Crippen molar-refractivity contribution >= 4 is 23.7 Å². The number of aliphatic hydroxyl groups excluding tert-OH is 1. The van der Waals surface area contributed by atoms with Crippen molar-refractivity contribution in [3.63, 3.8) is 0 Å². The fourth-order valence-electron chi connectivity index (χ4n) is 3.47. The van der Waals surface area contributed by atoms with E-state index in [4.69, 9.17) is 14.2 Å². The standard InChI is InChI=1S/C20H26N2O4S.ClH/c23-17(13-24-14-18-2-1-9-27-18)12-22-7-5-21(6-8-22)11-16-3-4-19-20(10-16)26-15-25-19;/h1-4,9-10,17,23H,5-8,11-15H2;1H. The van der Waals surface area contributed by atoms with Crippen LogP contribution in [0, 0.1) is 0 Å². The molecule has 0 amide bonds. The second-order valence-corrected chi connectivity index (χ2v) is 8.04. The molecule has 2 aliphatic heterocycles. The number of β-amino-alcohol motifs (C(OH)–C–C–N with tert-alkyl or cyclic N) is 1. The first kappa shape index (κ1) is 21.4. The minimum absolute atomic E-state index is 0. The van der Waals surface area contributed by atoms with Gasteiger partial charge in [0, 0.05) is 44.1 Å². The number of halogens is 1. The van der Waals surface area contributed by atoms with Gasteiger partial charge < -0.3 is 19.3 Å². The third-order valence-corrected chi connectivity index (χ3v) is 5.76. The molecule has 1 N–H and O–H groups in total. The summed E-state index contributed by atoms with van der Waals surface area (Å²) in [5.41, 5.74) is 1.25. The molecule has 2 aromatic rings. The van der Waals surface area contributed by atoms with Crippen LogP contribution in [0.5, 0.6) is 11.5 Å². The summed E-state index contributed by atoms with van der Waals surface area (Å²) in [5.74, 6) is 1.68. The van der Waals surface area contributed by atoms with Crippen molar-refractivity contribution in [2.24, 2.45) is 0 Å². The highest BCUT2D eigenvalue weighted by Crippen LogP contribution is 2.32. The fourth-order valence-corrected chi connectivity index (χ4v) is 4.11. The molecule has 28 heavy (non-hydrogen) atoms. The summed E-state index contributed by atoms with van der Waals surface area (Å²) in [6.45, 7) is 6.79. The molecule has 1 unspecified atom stereocenters. The van der Waals surface area contributed by atoms with Gasteiger partial charge in [-0.2, -0.15) is 0 Å². The molecule has 8 heteroatoms. The number of aliphatic hydroxyl groups is 1. The minimum Gasteiger partial charge on any atom is -0.454 e. The lowest BCUT2D eigenvalue weighted by Gasteiger charge is -2.35. The molecule has 0 saturated carbocycles. The van der Waals surface area contributed by atoms with E-state index in [2.05, 4.69) is 28.0 Å². The van der Waals surface area contributed by atoms with Crippen molar-refractivity contribution in [3.05, 3.63) is 46.2 Å². The Hall–Kier alpha value is -1.35. The molecule has 1 fully saturated rings. The van der Waals surface area contributed by atoms with Gasteiger partial charge in [-0.3, -0.25) is 9.80 Å². The van der Waals surface area contributed by atoms with E-state index < -0.39 is 6.10 Å². The van der Waals surface area contributed by atoms with Gasteiger partial charge in [-0.15, -0.1) is 23.7 Å². The maximum absolute atomic E-state index is 10.2. The lowest BCUT2D eigenvalue weighted by atomic mass is 10.1. The van der Waals surface area contributed by atoms with Crippen LogP contribution in [0.4, 0.5) is 0 Å². The van der Waals surface area contributed by atoms with Crippen LogP contribution in [-0.4, -0.2) is 67.1 Å². The monoisotopic (exact) mass is 426 g/mol. The number of rotatable bonds is 8. The Balaban J connectivity index is 0.00000225. The van der Waals surface area contributed by atoms with Gasteiger partial charge >= 0.3 is 0 Å². The number of nitrogens with zero attached hydrogens (tertiary/aromatic N) is 2. The summed E-state index contributed by atoms with van der Waals surface area (Å²) in [4.78, 5) is 5.95. The zero-order valence-corrected chi connectivity index (χ0v) is 17.4. The Morgan fingerprint density at radius 3 is 2.64 bits per heavy atom. The molecule has 6 nitrogen and oxygen atoms in total. The van der Waals surface area contributed by atoms with Crippen molar-refractivity contribution in [1.82, 2.24) is 9.80 Å². The van der Waals surface area contributed by atoms with E-state index in [0.717, 1.165) is 44.2 Å². The molecule has 154 valence electrons. The molecule has 3 heterocycles. The second kappa shape index (κ2) is 10.4. The highest BCUT2D eigenvalue weighted by molar-refractivity contribution is 7.09. The average Bonchev–Trinajstić information content (AvgIpc) is 3.34. The zero-order chi connectivity index (χ0) is 18.5. The van der Waals surface area contributed by atoms with E-state index in [1.165, 1.54) is 10.4 Å². The quantitative estimate of drug-likeness (QED) is 0.700. The summed E-state index contributed by atoms with van der Waals surface area (Å²) >= 11 is 1.68. The molecule has 1 aromatic heterocycles. The number of fused-ring (bicyclic) bond motifs is 1. The number of ether oxygens (including phenoxy) is 3. The number of hydrogen-bond acceptors (Lipinski definition) is 7. The topological polar surface area (TPSA) is 54.4 Å². The summed E-state index contributed by atoms with van der Waals surface area (Å²) < 4.78 is 16.4. The van der Waals surface area contributed by atoms with Crippen LogP contribution in [0.1, 0.15) is 10.4 Å². The van der Waals surface area contributed by atoms with Gasteiger partial charge in [0.25, 0.3) is 0 Å². The SMILES string of the molecule is Cl.OC(COCc1cccs1)CN1CCN(Cc2ccc3c(c2)OCO3)CC1. The summed E-state index contributed by atoms with van der Waals surface area (Å²) in [5, 5.41) is 12.3. The van der Waals surface area contributed by atoms with Crippen LogP contribution in [0.2, 0.25) is 0 Å². The van der Waals surface area contributed by atoms with Gasteiger partial charge in [-0.25, -0.2) is 0 Å². The van der Waals surface area contributed by atoms with Gasteiger partial charge in [0.2, 0.25) is 6.79 Å². The molecule has 0 aliphatic carbocycles. The van der Waals surface area contributed by atoms with Crippen molar-refractivity contribution in [1.29, 1.82) is 0 Å². The molecule has 0 spiro atoms. The van der Waals surface area contributed by atoms with Crippen LogP contribution in [0.25, 0.3) is 0 Å². The normalized spacial score (nSPS) is 18.0. The van der Waals surface area contributed by atoms with Gasteiger partial charge in [0.05, 0.1) is 19.3 Å². The second-order valence-electron chi connectivity index (χ2n) is 7.01. The highest BCUT2D eigenvalue weighted by atomic mass is 35.5. The van der Waals surface area contributed by atoms with E-state index in [9.17, 15) is 5.11 Å². The first-order chi connectivity index (χ1) is 13.3. The number of hydrogen-bond donors (Lipinski definition) is 1. The number of benzene rings is 1. The third kappa shape index (κ3) is 5.83. The van der Waals surface area contributed by atoms with Gasteiger partial charge in [-0.05, 0) is 29.1 Å². The lowest BCUT2D eigenvalue weighted by molar-refractivity contribution is 0.00152. The molecule has 1 aromatic carbocycles. The van der Waals surface area contributed by atoms with E-state index in [1.54, 1.807) is 11.3 Å². The minimum atomic E-state index is -0.439. The molecule has 0 radical (unpaired) electrons. The van der Waals surface area contributed by atoms with Crippen LogP contribution in [-0.2, 0) is 17.9 Å². The van der Waals surface area contributed by atoms with Gasteiger partial charge in [0.1, 0.15) is 0 Å². The molecular weight excluding hydrogens is 400 g/mol. The Morgan fingerprint density at radius 1 is 1.07 bits per heavy atom. The molecule has 1 atom stereocenters. The van der Waals surface area contributed by atoms with Crippen LogP contribution in [0.15, 0.2) is 35.7 Å². The summed E-state index contributed by atoms with van der Waals surface area (Å²) in [7, 11) is 0. The Labute approximate surface area is 176 Å². The number of piperazine rings is 1. The van der Waals surface area contributed by atoms with Crippen molar-refractivity contribution in [3.8, 4) is 11.5 Å². The van der Waals surface area contributed by atoms with Gasteiger partial charge in [0.15, 0.2) is 11.5 Å². The fraction of sp³-hybridized carbons (Fsp3) is 0.500. The van der Waals surface area contributed by atoms with E-state index >= 15 is 0 Å². The van der Waals surface area contributed by atoms with Crippen molar-refractivity contribution in [2.45, 2.75) is 19.3 Å². The first-order valence-corrected chi connectivity index (χ1v) is 10.3. The molecule has 0 bridgehead atoms. The van der Waals surface area contributed by atoms with E-state index in [0.29, 0.717) is 26.6 Å². The summed E-state index contributed by atoms with van der Waals surface area (Å²) in [6, 6.07) is 10.2. The maximum atomic E-state index is 10.2. The Morgan fingerprint density at radius 2 is 1.86 bits per heavy atom. The summed E-state index contributed by atoms with van der Waals surface area (Å²) in [6.07, 6.45) is -0.439. The average molecular weight is 427 g/mol. The predicted molar refractivity (Wildman–Crippen MR) is 112 cm³/mol. The molecule has 1 saturated heterocycles. The Kier molecular flexibility index (Phi) is 7.96. The van der Waals surface area contributed by atoms with Crippen molar-refractivity contribution < 1.29 is 19.3 Å². The van der Waals surface area contributed by atoms with E-state index in [-0.39, 0.29) is 12.4 Å². The molecule has 4 rings (SSSR count). The van der Waals surface area contributed by atoms with Crippen molar-refractivity contribution in [2.75, 3.05) is 46.1 Å². The van der Waals surface area contributed by atoms with Crippen LogP contribution < -0.4 is 9.47 Å². The van der Waals surface area contributed by atoms with E-state index in [1.807, 2.05) is 17.5 Å². The lowest BCUT2D eigenvalue weighted by Crippen LogP contribution is -2.48. The predicted octanol–water partition coefficient (Wildman–Crippen LogP) is 2.59. The molecule has 2 aliphatic rings. The molecular formula is C20H27ClN2O4S. The largest absolute Gasteiger partial charge is 0.454 e.